The third kappa shape index (κ3) is 2.93. The number of aromatic amines is 2. The summed E-state index contributed by atoms with van der Waals surface area (Å²) < 4.78 is 28.5. The van der Waals surface area contributed by atoms with Crippen molar-refractivity contribution in [3.05, 3.63) is 43.0 Å². The number of anilines is 1. The van der Waals surface area contributed by atoms with Crippen molar-refractivity contribution in [2.75, 3.05) is 4.72 Å². The number of imidazole rings is 1. The molecule has 3 N–H and O–H groups in total. The first-order chi connectivity index (χ1) is 9.85. The molecule has 0 spiro atoms. The zero-order chi connectivity index (χ0) is 15.2. The molecule has 0 saturated carbocycles. The Balaban J connectivity index is 2.04. The monoisotopic (exact) mass is 451 g/mol. The van der Waals surface area contributed by atoms with Crippen molar-refractivity contribution in [3.63, 3.8) is 0 Å². The lowest BCUT2D eigenvalue weighted by Gasteiger charge is -2.08. The Morgan fingerprint density at radius 2 is 1.76 bits per heavy atom. The average Bonchev–Trinajstić information content (AvgIpc) is 2.95. The molecule has 0 amide bonds. The summed E-state index contributed by atoms with van der Waals surface area (Å²) in [6, 6.07) is 6.37. The molecule has 0 aliphatic carbocycles. The Morgan fingerprint density at radius 1 is 1.10 bits per heavy atom. The van der Waals surface area contributed by atoms with E-state index in [0.29, 0.717) is 21.2 Å². The maximum atomic E-state index is 12.3. The van der Waals surface area contributed by atoms with Crippen molar-refractivity contribution in [3.8, 4) is 0 Å². The zero-order valence-electron chi connectivity index (χ0n) is 10.1. The first kappa shape index (κ1) is 14.8. The molecule has 3 aromatic rings. The summed E-state index contributed by atoms with van der Waals surface area (Å²) in [5.74, 6) is 0. The van der Waals surface area contributed by atoms with E-state index in [1.807, 2.05) is 0 Å². The van der Waals surface area contributed by atoms with Crippen LogP contribution in [0.25, 0.3) is 11.0 Å². The number of H-pyrrole nitrogens is 2. The van der Waals surface area contributed by atoms with E-state index in [0.717, 1.165) is 15.1 Å². The Kier molecular flexibility index (Phi) is 3.72. The number of sulfonamides is 1. The Bertz CT molecular complexity index is 988. The predicted molar refractivity (Wildman–Crippen MR) is 89.4 cm³/mol. The number of nitrogens with one attached hydrogen (secondary N) is 3. The van der Waals surface area contributed by atoms with Crippen LogP contribution in [0.1, 0.15) is 0 Å². The van der Waals surface area contributed by atoms with Gasteiger partial charge in [-0.2, -0.15) is 0 Å². The fourth-order valence-electron chi connectivity index (χ4n) is 1.77. The third-order valence-electron chi connectivity index (χ3n) is 2.66. The molecule has 10 heteroatoms. The minimum atomic E-state index is -3.67. The summed E-state index contributed by atoms with van der Waals surface area (Å²) in [5.41, 5.74) is 1.11. The van der Waals surface area contributed by atoms with E-state index in [1.54, 1.807) is 18.2 Å². The molecule has 0 fully saturated rings. The first-order valence-corrected chi connectivity index (χ1v) is 9.43. The number of aromatic nitrogens is 2. The number of hydrogen-bond donors (Lipinski definition) is 3. The Labute approximate surface area is 139 Å². The lowest BCUT2D eigenvalue weighted by atomic mass is 10.3. The van der Waals surface area contributed by atoms with Crippen LogP contribution in [0.3, 0.4) is 0 Å². The maximum Gasteiger partial charge on any atom is 0.323 e. The molecule has 0 saturated heterocycles. The van der Waals surface area contributed by atoms with Crippen LogP contribution in [0.5, 0.6) is 0 Å². The molecular weight excluding hydrogens is 446 g/mol. The second kappa shape index (κ2) is 5.27. The summed E-state index contributed by atoms with van der Waals surface area (Å²) in [4.78, 5) is 16.4. The average molecular weight is 453 g/mol. The molecule has 0 bridgehead atoms. The van der Waals surface area contributed by atoms with E-state index in [2.05, 4.69) is 46.5 Å². The summed E-state index contributed by atoms with van der Waals surface area (Å²) in [5, 5.41) is 0. The van der Waals surface area contributed by atoms with Crippen LogP contribution in [-0.2, 0) is 10.0 Å². The number of thiophene rings is 1. The fourth-order valence-corrected chi connectivity index (χ4v) is 5.43. The number of rotatable bonds is 3. The molecule has 2 heterocycles. The van der Waals surface area contributed by atoms with Gasteiger partial charge in [0.1, 0.15) is 4.21 Å². The molecule has 0 radical (unpaired) electrons. The lowest BCUT2D eigenvalue weighted by molar-refractivity contribution is 0.603. The predicted octanol–water partition coefficient (Wildman–Crippen LogP) is 3.24. The number of halogens is 2. The van der Waals surface area contributed by atoms with Gasteiger partial charge in [-0.15, -0.1) is 11.3 Å². The van der Waals surface area contributed by atoms with Gasteiger partial charge in [0.15, 0.2) is 0 Å². The first-order valence-electron chi connectivity index (χ1n) is 5.55. The van der Waals surface area contributed by atoms with Gasteiger partial charge in [-0.25, -0.2) is 13.2 Å². The molecule has 0 atom stereocenters. The van der Waals surface area contributed by atoms with Crippen LogP contribution in [-0.4, -0.2) is 18.4 Å². The SMILES string of the molecule is O=c1[nH]c2cc(Br)c(NS(=O)(=O)c3ccc(Br)s3)cc2[nH]1. The van der Waals surface area contributed by atoms with Crippen LogP contribution < -0.4 is 10.4 Å². The van der Waals surface area contributed by atoms with Gasteiger partial charge >= 0.3 is 5.69 Å². The topological polar surface area (TPSA) is 94.8 Å². The van der Waals surface area contributed by atoms with E-state index in [1.165, 1.54) is 6.07 Å². The highest BCUT2D eigenvalue weighted by Gasteiger charge is 2.18. The van der Waals surface area contributed by atoms with Crippen molar-refractivity contribution in [1.82, 2.24) is 9.97 Å². The lowest BCUT2D eigenvalue weighted by Crippen LogP contribution is -2.11. The molecule has 110 valence electrons. The third-order valence-corrected chi connectivity index (χ3v) is 6.80. The quantitative estimate of drug-likeness (QED) is 0.569. The van der Waals surface area contributed by atoms with Crippen LogP contribution in [0, 0.1) is 0 Å². The molecule has 1 aromatic carbocycles. The summed E-state index contributed by atoms with van der Waals surface area (Å²) in [6.07, 6.45) is 0. The molecule has 0 unspecified atom stereocenters. The van der Waals surface area contributed by atoms with Crippen LogP contribution >= 0.6 is 43.2 Å². The summed E-state index contributed by atoms with van der Waals surface area (Å²) in [7, 11) is -3.67. The number of benzene rings is 1. The van der Waals surface area contributed by atoms with Crippen molar-refractivity contribution in [2.24, 2.45) is 0 Å². The Hall–Kier alpha value is -1.10. The van der Waals surface area contributed by atoms with Crippen molar-refractivity contribution in [2.45, 2.75) is 4.21 Å². The highest BCUT2D eigenvalue weighted by Crippen LogP contribution is 2.31. The van der Waals surface area contributed by atoms with Crippen molar-refractivity contribution >= 4 is 69.9 Å². The Morgan fingerprint density at radius 3 is 2.38 bits per heavy atom. The zero-order valence-corrected chi connectivity index (χ0v) is 14.9. The van der Waals surface area contributed by atoms with Gasteiger partial charge in [0, 0.05) is 4.47 Å². The molecule has 0 aliphatic heterocycles. The number of fused-ring (bicyclic) bond motifs is 1. The van der Waals surface area contributed by atoms with Crippen LogP contribution in [0.2, 0.25) is 0 Å². The van der Waals surface area contributed by atoms with E-state index in [-0.39, 0.29) is 9.90 Å². The van der Waals surface area contributed by atoms with Gasteiger partial charge in [0.05, 0.1) is 20.5 Å². The second-order valence-corrected chi connectivity index (χ2v) is 9.35. The number of hydrogen-bond acceptors (Lipinski definition) is 4. The summed E-state index contributed by atoms with van der Waals surface area (Å²) in [6.45, 7) is 0. The largest absolute Gasteiger partial charge is 0.323 e. The van der Waals surface area contributed by atoms with Gasteiger partial charge in [-0.05, 0) is 56.1 Å². The smallest absolute Gasteiger partial charge is 0.306 e. The molecule has 2 aromatic heterocycles. The minimum Gasteiger partial charge on any atom is -0.306 e. The molecular formula is C11H7Br2N3O3S2. The van der Waals surface area contributed by atoms with Crippen molar-refractivity contribution in [1.29, 1.82) is 0 Å². The van der Waals surface area contributed by atoms with Crippen LogP contribution in [0.15, 0.2) is 41.5 Å². The second-order valence-electron chi connectivity index (χ2n) is 4.12. The molecule has 3 rings (SSSR count). The highest BCUT2D eigenvalue weighted by atomic mass is 79.9. The standard InChI is InChI=1S/C11H7Br2N3O3S2/c12-5-3-7-8(15-11(17)14-7)4-6(5)16-21(18,19)10-2-1-9(13)20-10/h1-4,16H,(H2,14,15,17). The van der Waals surface area contributed by atoms with Gasteiger partial charge in [0.25, 0.3) is 10.0 Å². The van der Waals surface area contributed by atoms with E-state index >= 15 is 0 Å². The van der Waals surface area contributed by atoms with Crippen LogP contribution in [0.4, 0.5) is 5.69 Å². The fraction of sp³-hybridized carbons (Fsp3) is 0. The highest BCUT2D eigenvalue weighted by molar-refractivity contribution is 9.11. The molecule has 0 aliphatic rings. The summed E-state index contributed by atoms with van der Waals surface area (Å²) >= 11 is 7.64. The van der Waals surface area contributed by atoms with Gasteiger partial charge in [-0.1, -0.05) is 0 Å². The van der Waals surface area contributed by atoms with Crippen molar-refractivity contribution < 1.29 is 8.42 Å². The molecule has 21 heavy (non-hydrogen) atoms. The van der Waals surface area contributed by atoms with E-state index in [9.17, 15) is 13.2 Å². The molecule has 6 nitrogen and oxygen atoms in total. The normalized spacial score (nSPS) is 11.9. The van der Waals surface area contributed by atoms with E-state index < -0.39 is 10.0 Å². The van der Waals surface area contributed by atoms with Gasteiger partial charge < -0.3 is 9.97 Å². The maximum absolute atomic E-state index is 12.3. The van der Waals surface area contributed by atoms with E-state index in [4.69, 9.17) is 0 Å². The minimum absolute atomic E-state index is 0.198. The van der Waals surface area contributed by atoms with Gasteiger partial charge in [0.2, 0.25) is 0 Å². The van der Waals surface area contributed by atoms with Gasteiger partial charge in [-0.3, -0.25) is 4.72 Å².